The van der Waals surface area contributed by atoms with E-state index >= 15 is 0 Å². The van der Waals surface area contributed by atoms with Crippen LogP contribution in [0.15, 0.2) is 91.0 Å². The van der Waals surface area contributed by atoms with E-state index in [0.717, 1.165) is 5.56 Å². The molecule has 0 spiro atoms. The molecular weight excluding hydrogens is 497 g/mol. The van der Waals surface area contributed by atoms with Gasteiger partial charge in [-0.1, -0.05) is 101 Å². The molecule has 2 atom stereocenters. The van der Waals surface area contributed by atoms with E-state index < -0.39 is 10.3 Å². The van der Waals surface area contributed by atoms with Crippen LogP contribution >= 0.6 is 20.8 Å². The van der Waals surface area contributed by atoms with Gasteiger partial charge in [0.25, 0.3) is 5.69 Å². The summed E-state index contributed by atoms with van der Waals surface area (Å²) >= 11 is 6.49. The number of phenols is 1. The summed E-state index contributed by atoms with van der Waals surface area (Å²) < 4.78 is 6.06. The Hall–Kier alpha value is -3.44. The van der Waals surface area contributed by atoms with Gasteiger partial charge in [-0.15, -0.1) is 0 Å². The molecule has 6 nitrogen and oxygen atoms in total. The van der Waals surface area contributed by atoms with Gasteiger partial charge < -0.3 is 14.9 Å². The summed E-state index contributed by atoms with van der Waals surface area (Å²) in [6, 6.07) is 25.2. The molecule has 0 fully saturated rings. The highest BCUT2D eigenvalue weighted by molar-refractivity contribution is 7.18. The van der Waals surface area contributed by atoms with Gasteiger partial charge in [-0.25, -0.2) is 0 Å². The molecule has 4 aromatic carbocycles. The molecule has 0 saturated heterocycles. The lowest BCUT2D eigenvalue weighted by Crippen LogP contribution is -2.20. The highest BCUT2D eigenvalue weighted by Gasteiger charge is 2.35. The first-order valence-corrected chi connectivity index (χ1v) is 12.3. The van der Waals surface area contributed by atoms with Gasteiger partial charge in [-0.3, -0.25) is 10.1 Å². The number of phenolic OH excluding ortho intramolecular Hbond substituents is 1. The van der Waals surface area contributed by atoms with E-state index in [-0.39, 0.29) is 45.5 Å². The first kappa shape index (κ1) is 27.2. The van der Waals surface area contributed by atoms with Crippen molar-refractivity contribution >= 4 is 26.5 Å². The summed E-state index contributed by atoms with van der Waals surface area (Å²) in [5, 5.41) is 32.5. The zero-order chi connectivity index (χ0) is 26.3. The van der Waals surface area contributed by atoms with Crippen molar-refractivity contribution in [3.8, 4) is 22.6 Å². The molecule has 186 valence electrons. The standard InChI is InChI=1S/C26H21ClNO5P.C2H6/c27-21-12-7-13-22(28(31)32)25(21)24-20(26(30,34)18-10-5-2-6-11-18)14-19(29)15-23(24)33-16-17-8-3-1-4-9-17;1-2/h1-15,29-30H,16,34H2;1-2H3. The Morgan fingerprint density at radius 3 is 2.17 bits per heavy atom. The predicted octanol–water partition coefficient (Wildman–Crippen LogP) is 7.29. The molecule has 0 heterocycles. The molecule has 2 unspecified atom stereocenters. The van der Waals surface area contributed by atoms with Crippen LogP contribution in [0.25, 0.3) is 11.1 Å². The third kappa shape index (κ3) is 5.85. The maximum atomic E-state index is 11.9. The highest BCUT2D eigenvalue weighted by Crippen LogP contribution is 2.50. The number of ether oxygens (including phenoxy) is 1. The fraction of sp³-hybridized carbons (Fsp3) is 0.143. The normalized spacial score (nSPS) is 12.1. The summed E-state index contributed by atoms with van der Waals surface area (Å²) in [4.78, 5) is 11.4. The Bertz CT molecular complexity index is 1330. The smallest absolute Gasteiger partial charge is 0.278 e. The Balaban J connectivity index is 0.00000176. The Morgan fingerprint density at radius 2 is 1.56 bits per heavy atom. The summed E-state index contributed by atoms with van der Waals surface area (Å²) in [5.74, 6) is -0.0276. The molecule has 0 aromatic heterocycles. The van der Waals surface area contributed by atoms with Crippen molar-refractivity contribution in [2.75, 3.05) is 0 Å². The van der Waals surface area contributed by atoms with Gasteiger partial charge in [0.1, 0.15) is 23.4 Å². The van der Waals surface area contributed by atoms with Gasteiger partial charge in [0, 0.05) is 23.3 Å². The minimum Gasteiger partial charge on any atom is -0.508 e. The number of nitrogens with zero attached hydrogens (tertiary/aromatic N) is 1. The van der Waals surface area contributed by atoms with Crippen LogP contribution in [0.1, 0.15) is 30.5 Å². The van der Waals surface area contributed by atoms with Crippen molar-refractivity contribution in [3.05, 3.63) is 123 Å². The summed E-state index contributed by atoms with van der Waals surface area (Å²) in [6.07, 6.45) is 0. The number of rotatable bonds is 7. The van der Waals surface area contributed by atoms with E-state index in [1.807, 2.05) is 44.2 Å². The van der Waals surface area contributed by atoms with Crippen LogP contribution in [0.2, 0.25) is 5.02 Å². The van der Waals surface area contributed by atoms with Crippen LogP contribution in [0.4, 0.5) is 5.69 Å². The van der Waals surface area contributed by atoms with Crippen molar-refractivity contribution in [2.24, 2.45) is 0 Å². The molecular formula is C28H27ClNO5P. The fourth-order valence-corrected chi connectivity index (χ4v) is 4.45. The SMILES string of the molecule is CC.O=[N+]([O-])c1cccc(Cl)c1-c1c(OCc2ccccc2)cc(O)cc1C(O)(P)c1ccccc1. The van der Waals surface area contributed by atoms with Crippen molar-refractivity contribution in [2.45, 2.75) is 25.8 Å². The fourth-order valence-electron chi connectivity index (χ4n) is 3.77. The van der Waals surface area contributed by atoms with Gasteiger partial charge >= 0.3 is 0 Å². The van der Waals surface area contributed by atoms with Gasteiger partial charge in [0.15, 0.2) is 0 Å². The molecule has 0 aliphatic rings. The number of nitro benzene ring substituents is 1. The number of halogens is 1. The van der Waals surface area contributed by atoms with Crippen LogP contribution in [0.3, 0.4) is 0 Å². The number of aliphatic hydroxyl groups is 1. The van der Waals surface area contributed by atoms with E-state index in [0.29, 0.717) is 5.56 Å². The van der Waals surface area contributed by atoms with E-state index in [1.54, 1.807) is 30.3 Å². The minimum atomic E-state index is -1.72. The molecule has 0 amide bonds. The molecule has 36 heavy (non-hydrogen) atoms. The van der Waals surface area contributed by atoms with Crippen LogP contribution < -0.4 is 4.74 Å². The van der Waals surface area contributed by atoms with Crippen LogP contribution in [0.5, 0.6) is 11.5 Å². The topological polar surface area (TPSA) is 92.8 Å². The van der Waals surface area contributed by atoms with Crippen LogP contribution in [-0.2, 0) is 11.9 Å². The van der Waals surface area contributed by atoms with E-state index in [4.69, 9.17) is 16.3 Å². The molecule has 0 aliphatic carbocycles. The Labute approximate surface area is 217 Å². The lowest BCUT2D eigenvalue weighted by Gasteiger charge is -2.28. The second-order valence-electron chi connectivity index (χ2n) is 7.66. The Kier molecular flexibility index (Phi) is 9.05. The van der Waals surface area contributed by atoms with Crippen LogP contribution in [0, 0.1) is 10.1 Å². The molecule has 8 heteroatoms. The van der Waals surface area contributed by atoms with Gasteiger partial charge in [0.2, 0.25) is 0 Å². The van der Waals surface area contributed by atoms with E-state index in [9.17, 15) is 20.3 Å². The lowest BCUT2D eigenvalue weighted by molar-refractivity contribution is -0.384. The Morgan fingerprint density at radius 1 is 0.944 bits per heavy atom. The van der Waals surface area contributed by atoms with E-state index in [1.165, 1.54) is 30.3 Å². The third-order valence-electron chi connectivity index (χ3n) is 5.39. The van der Waals surface area contributed by atoms with Crippen molar-refractivity contribution < 1.29 is 19.9 Å². The number of aromatic hydroxyl groups is 1. The largest absolute Gasteiger partial charge is 0.508 e. The summed E-state index contributed by atoms with van der Waals surface area (Å²) in [6.45, 7) is 4.13. The maximum absolute atomic E-state index is 11.9. The average molecular weight is 524 g/mol. The second-order valence-corrected chi connectivity index (χ2v) is 8.91. The minimum absolute atomic E-state index is 0.0871. The first-order chi connectivity index (χ1) is 17.3. The maximum Gasteiger partial charge on any atom is 0.278 e. The summed E-state index contributed by atoms with van der Waals surface area (Å²) in [5.41, 5.74) is 1.59. The number of hydrogen-bond acceptors (Lipinski definition) is 5. The quantitative estimate of drug-likeness (QED) is 0.151. The van der Waals surface area contributed by atoms with Gasteiger partial charge in [-0.05, 0) is 23.3 Å². The van der Waals surface area contributed by atoms with Crippen LogP contribution in [-0.4, -0.2) is 15.1 Å². The molecule has 0 aliphatic heterocycles. The number of hydrogen-bond donors (Lipinski definition) is 2. The zero-order valence-corrected chi connectivity index (χ0v) is 21.8. The predicted molar refractivity (Wildman–Crippen MR) is 146 cm³/mol. The third-order valence-corrected chi connectivity index (χ3v) is 6.35. The van der Waals surface area contributed by atoms with Crippen molar-refractivity contribution in [3.63, 3.8) is 0 Å². The lowest BCUT2D eigenvalue weighted by atomic mass is 9.90. The average Bonchev–Trinajstić information content (AvgIpc) is 2.89. The monoisotopic (exact) mass is 523 g/mol. The van der Waals surface area contributed by atoms with Crippen molar-refractivity contribution in [1.29, 1.82) is 0 Å². The molecule has 0 saturated carbocycles. The molecule has 4 aromatic rings. The molecule has 0 radical (unpaired) electrons. The second kappa shape index (κ2) is 12.0. The molecule has 0 bridgehead atoms. The highest BCUT2D eigenvalue weighted by atomic mass is 35.5. The van der Waals surface area contributed by atoms with Gasteiger partial charge in [0.05, 0.1) is 15.5 Å². The van der Waals surface area contributed by atoms with E-state index in [2.05, 4.69) is 9.24 Å². The first-order valence-electron chi connectivity index (χ1n) is 11.3. The zero-order valence-electron chi connectivity index (χ0n) is 19.9. The molecule has 4 rings (SSSR count). The number of benzene rings is 4. The van der Waals surface area contributed by atoms with Crippen molar-refractivity contribution in [1.82, 2.24) is 0 Å². The van der Waals surface area contributed by atoms with Gasteiger partial charge in [-0.2, -0.15) is 0 Å². The number of nitro groups is 1. The summed E-state index contributed by atoms with van der Waals surface area (Å²) in [7, 11) is 2.37. The molecule has 2 N–H and O–H groups in total.